The minimum atomic E-state index is -2.57. The molecule has 1 N–H and O–H groups in total. The number of nitrogens with zero attached hydrogens (tertiary/aromatic N) is 1. The van der Waals surface area contributed by atoms with Crippen molar-refractivity contribution in [3.8, 4) is 0 Å². The van der Waals surface area contributed by atoms with Gasteiger partial charge in [-0.15, -0.1) is 0 Å². The molecule has 0 aliphatic heterocycles. The van der Waals surface area contributed by atoms with Gasteiger partial charge in [-0.2, -0.15) is 0 Å². The molecule has 1 rings (SSSR count). The molecule has 18 heavy (non-hydrogen) atoms. The minimum absolute atomic E-state index is 0.116. The van der Waals surface area contributed by atoms with Gasteiger partial charge < -0.3 is 19.4 Å². The standard InChI is InChI=1S/C11H16F2N2O3/c1-17-6-4-15(8-10(12)13)11(16)14-7-9-3-2-5-18-9/h2-3,5,10H,4,6-8H2,1H3,(H,14,16). The van der Waals surface area contributed by atoms with E-state index in [1.54, 1.807) is 12.1 Å². The normalized spacial score (nSPS) is 10.7. The molecule has 0 atom stereocenters. The van der Waals surface area contributed by atoms with Crippen LogP contribution in [0.3, 0.4) is 0 Å². The Labute approximate surface area is 104 Å². The van der Waals surface area contributed by atoms with Crippen molar-refractivity contribution in [2.45, 2.75) is 13.0 Å². The van der Waals surface area contributed by atoms with E-state index in [9.17, 15) is 13.6 Å². The number of ether oxygens (including phenoxy) is 1. The number of hydrogen-bond donors (Lipinski definition) is 1. The van der Waals surface area contributed by atoms with Crippen LogP contribution in [0.15, 0.2) is 22.8 Å². The predicted octanol–water partition coefficient (Wildman–Crippen LogP) is 1.70. The highest BCUT2D eigenvalue weighted by molar-refractivity contribution is 5.74. The fourth-order valence-corrected chi connectivity index (χ4v) is 1.33. The first-order valence-electron chi connectivity index (χ1n) is 5.45. The molecule has 0 aliphatic carbocycles. The maximum absolute atomic E-state index is 12.3. The van der Waals surface area contributed by atoms with Crippen molar-refractivity contribution in [1.29, 1.82) is 0 Å². The van der Waals surface area contributed by atoms with Gasteiger partial charge in [-0.05, 0) is 12.1 Å². The molecule has 1 heterocycles. The highest BCUT2D eigenvalue weighted by Gasteiger charge is 2.17. The molecule has 1 aromatic rings. The molecule has 5 nitrogen and oxygen atoms in total. The van der Waals surface area contributed by atoms with Gasteiger partial charge in [-0.1, -0.05) is 0 Å². The summed E-state index contributed by atoms with van der Waals surface area (Å²) in [7, 11) is 1.45. The van der Waals surface area contributed by atoms with Crippen molar-refractivity contribution in [2.75, 3.05) is 26.8 Å². The van der Waals surface area contributed by atoms with E-state index in [1.807, 2.05) is 0 Å². The van der Waals surface area contributed by atoms with Gasteiger partial charge >= 0.3 is 6.03 Å². The third-order valence-corrected chi connectivity index (χ3v) is 2.20. The largest absolute Gasteiger partial charge is 0.467 e. The van der Waals surface area contributed by atoms with Crippen LogP contribution in [0.1, 0.15) is 5.76 Å². The summed E-state index contributed by atoms with van der Waals surface area (Å²) >= 11 is 0. The van der Waals surface area contributed by atoms with Crippen LogP contribution in [-0.4, -0.2) is 44.2 Å². The number of nitrogens with one attached hydrogen (secondary N) is 1. The predicted molar refractivity (Wildman–Crippen MR) is 60.4 cm³/mol. The molecular formula is C11H16F2N2O3. The van der Waals surface area contributed by atoms with Crippen LogP contribution in [0.4, 0.5) is 13.6 Å². The lowest BCUT2D eigenvalue weighted by Gasteiger charge is -2.22. The van der Waals surface area contributed by atoms with Gasteiger partial charge in [0.25, 0.3) is 6.43 Å². The van der Waals surface area contributed by atoms with E-state index in [4.69, 9.17) is 9.15 Å². The van der Waals surface area contributed by atoms with Crippen LogP contribution in [0.5, 0.6) is 0 Å². The number of halogens is 2. The minimum Gasteiger partial charge on any atom is -0.467 e. The number of methoxy groups -OCH3 is 1. The molecule has 102 valence electrons. The summed E-state index contributed by atoms with van der Waals surface area (Å²) in [5.74, 6) is 0.562. The number of carbonyl (C=O) groups excluding carboxylic acids is 1. The summed E-state index contributed by atoms with van der Waals surface area (Å²) in [6, 6.07) is 2.81. The van der Waals surface area contributed by atoms with Crippen molar-refractivity contribution in [1.82, 2.24) is 10.2 Å². The Morgan fingerprint density at radius 2 is 2.39 bits per heavy atom. The summed E-state index contributed by atoms with van der Waals surface area (Å²) in [5, 5.41) is 2.50. The lowest BCUT2D eigenvalue weighted by Crippen LogP contribution is -2.43. The molecule has 0 aliphatic rings. The summed E-state index contributed by atoms with van der Waals surface area (Å²) in [4.78, 5) is 12.7. The molecule has 0 fully saturated rings. The van der Waals surface area contributed by atoms with E-state index >= 15 is 0 Å². The van der Waals surface area contributed by atoms with Crippen molar-refractivity contribution in [2.24, 2.45) is 0 Å². The molecule has 0 saturated carbocycles. The summed E-state index contributed by atoms with van der Waals surface area (Å²) in [6.45, 7) is -0.127. The Hall–Kier alpha value is -1.63. The quantitative estimate of drug-likeness (QED) is 0.813. The molecule has 0 unspecified atom stereocenters. The Morgan fingerprint density at radius 1 is 1.61 bits per heavy atom. The van der Waals surface area contributed by atoms with E-state index in [1.165, 1.54) is 13.4 Å². The van der Waals surface area contributed by atoms with E-state index in [0.717, 1.165) is 4.90 Å². The Kier molecular flexibility index (Phi) is 6.13. The van der Waals surface area contributed by atoms with Crippen molar-refractivity contribution in [3.63, 3.8) is 0 Å². The van der Waals surface area contributed by atoms with Crippen LogP contribution in [0.25, 0.3) is 0 Å². The van der Waals surface area contributed by atoms with E-state index in [-0.39, 0.29) is 19.7 Å². The van der Waals surface area contributed by atoms with Crippen molar-refractivity contribution < 1.29 is 22.7 Å². The second-order valence-corrected chi connectivity index (χ2v) is 3.57. The zero-order chi connectivity index (χ0) is 13.4. The van der Waals surface area contributed by atoms with Gasteiger partial charge in [0.15, 0.2) is 0 Å². The average Bonchev–Trinajstić information content (AvgIpc) is 2.84. The van der Waals surface area contributed by atoms with Gasteiger partial charge in [0.2, 0.25) is 0 Å². The van der Waals surface area contributed by atoms with Crippen molar-refractivity contribution in [3.05, 3.63) is 24.2 Å². The maximum Gasteiger partial charge on any atom is 0.318 e. The smallest absolute Gasteiger partial charge is 0.318 e. The molecular weight excluding hydrogens is 246 g/mol. The van der Waals surface area contributed by atoms with Crippen LogP contribution in [-0.2, 0) is 11.3 Å². The van der Waals surface area contributed by atoms with E-state index in [0.29, 0.717) is 5.76 Å². The number of rotatable bonds is 7. The Bertz CT molecular complexity index is 344. The number of hydrogen-bond acceptors (Lipinski definition) is 3. The van der Waals surface area contributed by atoms with Gasteiger partial charge in [0.1, 0.15) is 5.76 Å². The molecule has 0 saturated heterocycles. The number of furan rings is 1. The Morgan fingerprint density at radius 3 is 2.94 bits per heavy atom. The van der Waals surface area contributed by atoms with E-state index < -0.39 is 19.0 Å². The molecule has 0 radical (unpaired) electrons. The van der Waals surface area contributed by atoms with Gasteiger partial charge in [-0.3, -0.25) is 0 Å². The third kappa shape index (κ3) is 5.13. The second-order valence-electron chi connectivity index (χ2n) is 3.57. The van der Waals surface area contributed by atoms with Crippen molar-refractivity contribution >= 4 is 6.03 Å². The molecule has 0 bridgehead atoms. The van der Waals surface area contributed by atoms with Gasteiger partial charge in [0, 0.05) is 13.7 Å². The fraction of sp³-hybridized carbons (Fsp3) is 0.545. The molecule has 2 amide bonds. The topological polar surface area (TPSA) is 54.7 Å². The van der Waals surface area contributed by atoms with Crippen LogP contribution in [0.2, 0.25) is 0 Å². The monoisotopic (exact) mass is 262 g/mol. The molecule has 0 spiro atoms. The Balaban J connectivity index is 2.42. The van der Waals surface area contributed by atoms with Crippen LogP contribution in [0, 0.1) is 0 Å². The number of urea groups is 1. The third-order valence-electron chi connectivity index (χ3n) is 2.20. The summed E-state index contributed by atoms with van der Waals surface area (Å²) in [5.41, 5.74) is 0. The zero-order valence-electron chi connectivity index (χ0n) is 10.1. The number of alkyl halides is 2. The molecule has 7 heteroatoms. The first-order chi connectivity index (χ1) is 8.63. The van der Waals surface area contributed by atoms with E-state index in [2.05, 4.69) is 5.32 Å². The summed E-state index contributed by atoms with van der Waals surface area (Å²) < 4.78 is 34.4. The zero-order valence-corrected chi connectivity index (χ0v) is 10.1. The summed E-state index contributed by atoms with van der Waals surface area (Å²) in [6.07, 6.45) is -1.10. The number of amides is 2. The van der Waals surface area contributed by atoms with Crippen LogP contribution < -0.4 is 5.32 Å². The molecule has 0 aromatic carbocycles. The highest BCUT2D eigenvalue weighted by Crippen LogP contribution is 2.02. The first kappa shape index (κ1) is 14.4. The first-order valence-corrected chi connectivity index (χ1v) is 5.45. The van der Waals surface area contributed by atoms with Gasteiger partial charge in [-0.25, -0.2) is 13.6 Å². The lowest BCUT2D eigenvalue weighted by molar-refractivity contribution is 0.0833. The number of carbonyl (C=O) groups is 1. The lowest BCUT2D eigenvalue weighted by atomic mass is 10.4. The van der Waals surface area contributed by atoms with Crippen LogP contribution >= 0.6 is 0 Å². The average molecular weight is 262 g/mol. The second kappa shape index (κ2) is 7.65. The fourth-order valence-electron chi connectivity index (χ4n) is 1.33. The SMILES string of the molecule is COCCN(CC(F)F)C(=O)NCc1ccco1. The molecule has 1 aromatic heterocycles. The maximum atomic E-state index is 12.3. The van der Waals surface area contributed by atoms with Gasteiger partial charge in [0.05, 0.1) is 26.0 Å². The highest BCUT2D eigenvalue weighted by atomic mass is 19.3.